The lowest BCUT2D eigenvalue weighted by atomic mass is 9.78. The van der Waals surface area contributed by atoms with Crippen molar-refractivity contribution < 1.29 is 27.0 Å². The van der Waals surface area contributed by atoms with Gasteiger partial charge in [0.1, 0.15) is 5.75 Å². The van der Waals surface area contributed by atoms with E-state index >= 15 is 0 Å². The highest BCUT2D eigenvalue weighted by atomic mass is 19.2. The van der Waals surface area contributed by atoms with Crippen molar-refractivity contribution in [3.63, 3.8) is 0 Å². The van der Waals surface area contributed by atoms with E-state index in [0.29, 0.717) is 40.9 Å². The second-order valence-electron chi connectivity index (χ2n) is 8.78. The maximum Gasteiger partial charge on any atom is 0.200 e. The van der Waals surface area contributed by atoms with Gasteiger partial charge in [0.15, 0.2) is 23.9 Å². The topological polar surface area (TPSA) is 18.5 Å². The van der Waals surface area contributed by atoms with E-state index in [-0.39, 0.29) is 17.6 Å². The van der Waals surface area contributed by atoms with Crippen LogP contribution in [0.3, 0.4) is 0 Å². The fourth-order valence-corrected chi connectivity index (χ4v) is 4.77. The summed E-state index contributed by atoms with van der Waals surface area (Å²) in [6, 6.07) is 9.92. The molecule has 2 aliphatic rings. The third-order valence-corrected chi connectivity index (χ3v) is 6.82. The Bertz CT molecular complexity index is 1100. The first-order chi connectivity index (χ1) is 16.4. The van der Waals surface area contributed by atoms with Crippen LogP contribution in [0.1, 0.15) is 42.7 Å². The lowest BCUT2D eigenvalue weighted by Gasteiger charge is -2.28. The summed E-state index contributed by atoms with van der Waals surface area (Å²) < 4.78 is 68.2. The van der Waals surface area contributed by atoms with Crippen LogP contribution in [0.15, 0.2) is 66.3 Å². The molecule has 2 aromatic rings. The molecule has 0 bridgehead atoms. The van der Waals surface area contributed by atoms with Crippen molar-refractivity contribution in [3.8, 4) is 11.5 Å². The normalized spacial score (nSPS) is 25.1. The van der Waals surface area contributed by atoms with Gasteiger partial charge in [-0.1, -0.05) is 42.5 Å². The Balaban J connectivity index is 1.40. The van der Waals surface area contributed by atoms with E-state index < -0.39 is 24.0 Å². The van der Waals surface area contributed by atoms with Crippen molar-refractivity contribution >= 4 is 5.57 Å². The molecule has 0 N–H and O–H groups in total. The third kappa shape index (κ3) is 4.91. The van der Waals surface area contributed by atoms with Crippen LogP contribution in [0.25, 0.3) is 5.57 Å². The van der Waals surface area contributed by atoms with E-state index in [2.05, 4.69) is 0 Å². The molecule has 0 heterocycles. The molecule has 2 nitrogen and oxygen atoms in total. The van der Waals surface area contributed by atoms with Crippen LogP contribution in [-0.2, 0) is 0 Å². The van der Waals surface area contributed by atoms with Gasteiger partial charge in [-0.25, -0.2) is 13.2 Å². The minimum Gasteiger partial charge on any atom is -0.497 e. The van der Waals surface area contributed by atoms with E-state index in [1.54, 1.807) is 55.7 Å². The highest BCUT2D eigenvalue weighted by Gasteiger charge is 2.31. The zero-order chi connectivity index (χ0) is 24.2. The van der Waals surface area contributed by atoms with Crippen molar-refractivity contribution in [2.75, 3.05) is 14.2 Å². The molecule has 0 saturated heterocycles. The van der Waals surface area contributed by atoms with Gasteiger partial charge < -0.3 is 9.47 Å². The molecule has 2 aliphatic carbocycles. The largest absolute Gasteiger partial charge is 0.497 e. The summed E-state index contributed by atoms with van der Waals surface area (Å²) in [5, 5.41) is 0. The fourth-order valence-electron chi connectivity index (χ4n) is 4.77. The van der Waals surface area contributed by atoms with Crippen molar-refractivity contribution in [2.45, 2.75) is 43.9 Å². The van der Waals surface area contributed by atoms with Crippen LogP contribution in [0.2, 0.25) is 0 Å². The summed E-state index contributed by atoms with van der Waals surface area (Å²) in [6.07, 6.45) is 6.27. The lowest BCUT2D eigenvalue weighted by molar-refractivity contribution is 0.245. The number of methoxy groups -OCH3 is 2. The monoisotopic (exact) mass is 472 g/mol. The Hall–Kier alpha value is -3.02. The highest BCUT2D eigenvalue weighted by Crippen LogP contribution is 2.40. The lowest BCUT2D eigenvalue weighted by Crippen LogP contribution is -2.23. The first kappa shape index (κ1) is 24.1. The Morgan fingerprint density at radius 2 is 1.50 bits per heavy atom. The molecule has 0 aliphatic heterocycles. The number of hydrogen-bond acceptors (Lipinski definition) is 2. The molecule has 0 aromatic heterocycles. The molecule has 4 rings (SSSR count). The predicted octanol–water partition coefficient (Wildman–Crippen LogP) is 7.51. The number of alkyl halides is 2. The molecule has 0 amide bonds. The average molecular weight is 473 g/mol. The molecule has 2 unspecified atom stereocenters. The van der Waals surface area contributed by atoms with Crippen molar-refractivity contribution in [2.24, 2.45) is 5.92 Å². The number of hydrogen-bond donors (Lipinski definition) is 0. The Morgan fingerprint density at radius 1 is 0.794 bits per heavy atom. The number of ether oxygens (including phenoxy) is 2. The SMILES string of the molecule is COc1ccc(C2=CC=C(/C=C/C3CCC(c4ccc(OC)c(F)c4F)CC3)C(F)C2F)cc1. The van der Waals surface area contributed by atoms with Gasteiger partial charge in [0.05, 0.1) is 14.2 Å². The zero-order valence-corrected chi connectivity index (χ0v) is 19.2. The highest BCUT2D eigenvalue weighted by molar-refractivity contribution is 5.74. The quantitative estimate of drug-likeness (QED) is 0.405. The van der Waals surface area contributed by atoms with Crippen molar-refractivity contribution in [3.05, 3.63) is 89.0 Å². The Labute approximate surface area is 197 Å². The Kier molecular flexibility index (Phi) is 7.44. The second kappa shape index (κ2) is 10.5. The van der Waals surface area contributed by atoms with E-state index in [9.17, 15) is 17.6 Å². The van der Waals surface area contributed by atoms with Gasteiger partial charge in [-0.15, -0.1) is 0 Å². The van der Waals surface area contributed by atoms with Crippen LogP contribution >= 0.6 is 0 Å². The van der Waals surface area contributed by atoms with E-state index in [4.69, 9.17) is 9.47 Å². The molecule has 1 fully saturated rings. The maximum atomic E-state index is 14.9. The summed E-state index contributed by atoms with van der Waals surface area (Å²) >= 11 is 0. The standard InChI is InChI=1S/C28H28F4O2/c1-33-21-12-9-19(10-13-21)22-14-11-20(25(29)26(22)30)8-5-17-3-6-18(7-4-17)23-15-16-24(34-2)28(32)27(23)31/h5,8-18,25-26H,3-4,6-7H2,1-2H3/b8-5+. The van der Waals surface area contributed by atoms with Gasteiger partial charge in [-0.05, 0) is 78.0 Å². The van der Waals surface area contributed by atoms with E-state index in [1.807, 2.05) is 6.08 Å². The van der Waals surface area contributed by atoms with E-state index in [1.165, 1.54) is 13.2 Å². The summed E-state index contributed by atoms with van der Waals surface area (Å²) in [6.45, 7) is 0. The molecule has 0 spiro atoms. The van der Waals surface area contributed by atoms with Crippen LogP contribution in [0.5, 0.6) is 11.5 Å². The van der Waals surface area contributed by atoms with Gasteiger partial charge >= 0.3 is 0 Å². The number of halogens is 4. The smallest absolute Gasteiger partial charge is 0.200 e. The zero-order valence-electron chi connectivity index (χ0n) is 19.2. The number of benzene rings is 2. The summed E-state index contributed by atoms with van der Waals surface area (Å²) in [5.74, 6) is -1.14. The molecule has 2 atom stereocenters. The van der Waals surface area contributed by atoms with Gasteiger partial charge in [-0.3, -0.25) is 0 Å². The van der Waals surface area contributed by atoms with Gasteiger partial charge in [0.2, 0.25) is 5.82 Å². The summed E-state index contributed by atoms with van der Waals surface area (Å²) in [4.78, 5) is 0. The minimum atomic E-state index is -1.75. The van der Waals surface area contributed by atoms with Crippen LogP contribution in [0, 0.1) is 17.6 Å². The predicted molar refractivity (Wildman–Crippen MR) is 126 cm³/mol. The molecule has 0 radical (unpaired) electrons. The number of allylic oxidation sites excluding steroid dienone is 6. The molecular formula is C28H28F4O2. The first-order valence-electron chi connectivity index (χ1n) is 11.5. The first-order valence-corrected chi connectivity index (χ1v) is 11.5. The fraction of sp³-hybridized carbons (Fsp3) is 0.357. The minimum absolute atomic E-state index is 0.0712. The Morgan fingerprint density at radius 3 is 2.15 bits per heavy atom. The average Bonchev–Trinajstić information content (AvgIpc) is 2.87. The van der Waals surface area contributed by atoms with Crippen molar-refractivity contribution in [1.82, 2.24) is 0 Å². The van der Waals surface area contributed by atoms with Crippen molar-refractivity contribution in [1.29, 1.82) is 0 Å². The van der Waals surface area contributed by atoms with Gasteiger partial charge in [-0.2, -0.15) is 4.39 Å². The summed E-state index contributed by atoms with van der Waals surface area (Å²) in [7, 11) is 2.86. The summed E-state index contributed by atoms with van der Waals surface area (Å²) in [5.41, 5.74) is 1.60. The third-order valence-electron chi connectivity index (χ3n) is 6.82. The molecule has 1 saturated carbocycles. The van der Waals surface area contributed by atoms with Crippen LogP contribution in [0.4, 0.5) is 17.6 Å². The molecule has 180 valence electrons. The van der Waals surface area contributed by atoms with E-state index in [0.717, 1.165) is 12.8 Å². The van der Waals surface area contributed by atoms with Gasteiger partial charge in [0.25, 0.3) is 0 Å². The molecule has 34 heavy (non-hydrogen) atoms. The van der Waals surface area contributed by atoms with Gasteiger partial charge in [0, 0.05) is 0 Å². The molecule has 2 aromatic carbocycles. The van der Waals surface area contributed by atoms with Crippen LogP contribution in [-0.4, -0.2) is 26.6 Å². The molecule has 6 heteroatoms. The van der Waals surface area contributed by atoms with Crippen LogP contribution < -0.4 is 9.47 Å². The molecular weight excluding hydrogens is 444 g/mol. The number of rotatable bonds is 6. The second-order valence-corrected chi connectivity index (χ2v) is 8.78. The maximum absolute atomic E-state index is 14.9.